The number of para-hydroxylation sites is 1. The Labute approximate surface area is 156 Å². The summed E-state index contributed by atoms with van der Waals surface area (Å²) >= 11 is 5.97. The lowest BCUT2D eigenvalue weighted by molar-refractivity contribution is 0.0555. The number of anilines is 1. The molecule has 2 rings (SSSR count). The molecule has 0 bridgehead atoms. The molecular formula is C18H15ClN2O4S. The van der Waals surface area contributed by atoms with Crippen LogP contribution in [0.1, 0.15) is 10.4 Å². The highest BCUT2D eigenvalue weighted by Crippen LogP contribution is 2.27. The molecular weight excluding hydrogens is 376 g/mol. The largest absolute Gasteiger partial charge is 0.447 e. The smallest absolute Gasteiger partial charge is 0.340 e. The van der Waals surface area contributed by atoms with Gasteiger partial charge in [0.05, 0.1) is 27.7 Å². The highest BCUT2D eigenvalue weighted by Gasteiger charge is 2.26. The van der Waals surface area contributed by atoms with Crippen molar-refractivity contribution in [3.8, 4) is 6.07 Å². The van der Waals surface area contributed by atoms with Gasteiger partial charge >= 0.3 is 5.97 Å². The van der Waals surface area contributed by atoms with Crippen molar-refractivity contribution in [1.82, 2.24) is 0 Å². The number of nitriles is 1. The van der Waals surface area contributed by atoms with E-state index in [1.165, 1.54) is 18.2 Å². The fraction of sp³-hybridized carbons (Fsp3) is 0.111. The van der Waals surface area contributed by atoms with Gasteiger partial charge in [0.15, 0.2) is 6.61 Å². The molecule has 0 radical (unpaired) electrons. The third kappa shape index (κ3) is 4.23. The number of rotatable bonds is 7. The molecule has 134 valence electrons. The number of ether oxygens (including phenoxy) is 1. The van der Waals surface area contributed by atoms with Crippen molar-refractivity contribution in [2.45, 2.75) is 4.90 Å². The number of carbonyl (C=O) groups excluding carboxylic acids is 1. The molecule has 0 spiro atoms. The lowest BCUT2D eigenvalue weighted by atomic mass is 10.2. The van der Waals surface area contributed by atoms with Gasteiger partial charge in [-0.25, -0.2) is 13.2 Å². The van der Waals surface area contributed by atoms with E-state index in [9.17, 15) is 13.2 Å². The van der Waals surface area contributed by atoms with Crippen molar-refractivity contribution >= 4 is 33.3 Å². The van der Waals surface area contributed by atoms with Gasteiger partial charge in [-0.3, -0.25) is 4.31 Å². The number of carbonyl (C=O) groups is 1. The van der Waals surface area contributed by atoms with E-state index in [1.807, 2.05) is 0 Å². The van der Waals surface area contributed by atoms with E-state index >= 15 is 0 Å². The molecule has 0 N–H and O–H groups in total. The first-order valence-corrected chi connectivity index (χ1v) is 9.26. The molecule has 0 saturated heterocycles. The molecule has 26 heavy (non-hydrogen) atoms. The molecule has 0 unspecified atom stereocenters. The number of hydrogen-bond donors (Lipinski definition) is 0. The molecule has 8 heteroatoms. The van der Waals surface area contributed by atoms with Gasteiger partial charge in [0, 0.05) is 0 Å². The summed E-state index contributed by atoms with van der Waals surface area (Å²) in [5.74, 6) is -0.872. The summed E-state index contributed by atoms with van der Waals surface area (Å²) < 4.78 is 32.0. The Bertz CT molecular complexity index is 953. The molecule has 0 aromatic heterocycles. The van der Waals surface area contributed by atoms with Crippen molar-refractivity contribution < 1.29 is 17.9 Å². The third-order valence-corrected chi connectivity index (χ3v) is 5.47. The van der Waals surface area contributed by atoms with E-state index in [0.29, 0.717) is 5.69 Å². The second kappa shape index (κ2) is 8.52. The molecule has 0 fully saturated rings. The Morgan fingerprint density at radius 2 is 1.96 bits per heavy atom. The summed E-state index contributed by atoms with van der Waals surface area (Å²) in [6.45, 7) is 3.18. The van der Waals surface area contributed by atoms with Gasteiger partial charge in [-0.05, 0) is 30.3 Å². The molecule has 0 aliphatic rings. The zero-order chi connectivity index (χ0) is 19.2. The molecule has 0 saturated carbocycles. The zero-order valence-corrected chi connectivity index (χ0v) is 15.2. The Kier molecular flexibility index (Phi) is 6.39. The number of benzene rings is 2. The first-order chi connectivity index (χ1) is 12.4. The predicted molar refractivity (Wildman–Crippen MR) is 98.5 cm³/mol. The second-order valence-corrected chi connectivity index (χ2v) is 7.31. The van der Waals surface area contributed by atoms with Gasteiger partial charge in [-0.1, -0.05) is 35.9 Å². The van der Waals surface area contributed by atoms with Crippen LogP contribution in [-0.2, 0) is 14.8 Å². The normalized spacial score (nSPS) is 10.6. The third-order valence-electron chi connectivity index (χ3n) is 3.35. The Balaban J connectivity index is 2.49. The monoisotopic (exact) mass is 390 g/mol. The molecule has 2 aromatic carbocycles. The van der Waals surface area contributed by atoms with Gasteiger partial charge in [0.25, 0.3) is 10.0 Å². The zero-order valence-electron chi connectivity index (χ0n) is 13.6. The Hall–Kier alpha value is -2.82. The number of halogens is 1. The van der Waals surface area contributed by atoms with Crippen LogP contribution in [-0.4, -0.2) is 27.5 Å². The van der Waals surface area contributed by atoms with Gasteiger partial charge in [-0.15, -0.1) is 6.58 Å². The SMILES string of the molecule is C=CCN(c1ccccc1)S(=O)(=O)c1ccc(Cl)c(C(=O)OCC#N)c1. The standard InChI is InChI=1S/C18H15ClN2O4S/c1-2-11-21(14-6-4-3-5-7-14)26(23,24)15-8-9-17(19)16(13-15)18(22)25-12-10-20/h2-9,13H,1,11-12H2. The summed E-state index contributed by atoms with van der Waals surface area (Å²) in [5.41, 5.74) is 0.325. The predicted octanol–water partition coefficient (Wildman–Crippen LogP) is 3.40. The Morgan fingerprint density at radius 1 is 1.27 bits per heavy atom. The summed E-state index contributed by atoms with van der Waals surface area (Å²) in [7, 11) is -3.98. The van der Waals surface area contributed by atoms with Crippen LogP contribution in [0.2, 0.25) is 5.02 Å². The van der Waals surface area contributed by atoms with Crippen LogP contribution < -0.4 is 4.31 Å². The van der Waals surface area contributed by atoms with Crippen molar-refractivity contribution in [2.24, 2.45) is 0 Å². The van der Waals surface area contributed by atoms with Crippen molar-refractivity contribution in [3.05, 3.63) is 71.8 Å². The maximum Gasteiger partial charge on any atom is 0.340 e. The molecule has 0 aliphatic heterocycles. The summed E-state index contributed by atoms with van der Waals surface area (Å²) in [6, 6.07) is 13.9. The maximum atomic E-state index is 13.1. The molecule has 6 nitrogen and oxygen atoms in total. The first-order valence-electron chi connectivity index (χ1n) is 7.44. The van der Waals surface area contributed by atoms with Crippen LogP contribution in [0.15, 0.2) is 66.1 Å². The van der Waals surface area contributed by atoms with Crippen molar-refractivity contribution in [1.29, 1.82) is 5.26 Å². The molecule has 0 heterocycles. The molecule has 0 amide bonds. The molecule has 0 aliphatic carbocycles. The van der Waals surface area contributed by atoms with Gasteiger partial charge in [-0.2, -0.15) is 5.26 Å². The highest BCUT2D eigenvalue weighted by molar-refractivity contribution is 7.92. The topological polar surface area (TPSA) is 87.5 Å². The average Bonchev–Trinajstić information content (AvgIpc) is 2.64. The summed E-state index contributed by atoms with van der Waals surface area (Å²) in [6.07, 6.45) is 1.46. The number of esters is 1. The van der Waals surface area contributed by atoms with E-state index in [2.05, 4.69) is 6.58 Å². The van der Waals surface area contributed by atoms with Gasteiger partial charge in [0.1, 0.15) is 6.07 Å². The van der Waals surface area contributed by atoms with Crippen LogP contribution in [0.25, 0.3) is 0 Å². The Morgan fingerprint density at radius 3 is 2.58 bits per heavy atom. The van der Waals surface area contributed by atoms with E-state index in [4.69, 9.17) is 21.6 Å². The van der Waals surface area contributed by atoms with E-state index in [0.717, 1.165) is 10.4 Å². The lowest BCUT2D eigenvalue weighted by Crippen LogP contribution is -2.31. The summed E-state index contributed by atoms with van der Waals surface area (Å²) in [4.78, 5) is 11.9. The van der Waals surface area contributed by atoms with E-state index < -0.39 is 22.6 Å². The second-order valence-electron chi connectivity index (χ2n) is 5.04. The minimum absolute atomic E-state index is 0.0295. The van der Waals surface area contributed by atoms with Crippen LogP contribution >= 0.6 is 11.6 Å². The van der Waals surface area contributed by atoms with E-state index in [1.54, 1.807) is 36.4 Å². The average molecular weight is 391 g/mol. The number of sulfonamides is 1. The quantitative estimate of drug-likeness (QED) is 0.534. The van der Waals surface area contributed by atoms with Gasteiger partial charge in [0.2, 0.25) is 0 Å². The van der Waals surface area contributed by atoms with Crippen LogP contribution in [0.4, 0.5) is 5.69 Å². The number of hydrogen-bond acceptors (Lipinski definition) is 5. The van der Waals surface area contributed by atoms with Crippen LogP contribution in [0.3, 0.4) is 0 Å². The highest BCUT2D eigenvalue weighted by atomic mass is 35.5. The lowest BCUT2D eigenvalue weighted by Gasteiger charge is -2.23. The van der Waals surface area contributed by atoms with Gasteiger partial charge < -0.3 is 4.74 Å². The van der Waals surface area contributed by atoms with Crippen molar-refractivity contribution in [2.75, 3.05) is 17.5 Å². The minimum Gasteiger partial charge on any atom is -0.447 e. The molecule has 2 aromatic rings. The van der Waals surface area contributed by atoms with Crippen LogP contribution in [0.5, 0.6) is 0 Å². The fourth-order valence-electron chi connectivity index (χ4n) is 2.18. The maximum absolute atomic E-state index is 13.1. The fourth-order valence-corrected chi connectivity index (χ4v) is 3.83. The molecule has 0 atom stereocenters. The number of nitrogens with zero attached hydrogens (tertiary/aromatic N) is 2. The van der Waals surface area contributed by atoms with Crippen LogP contribution in [0, 0.1) is 11.3 Å². The minimum atomic E-state index is -3.98. The van der Waals surface area contributed by atoms with E-state index in [-0.39, 0.29) is 22.0 Å². The summed E-state index contributed by atoms with van der Waals surface area (Å²) in [5, 5.41) is 8.53. The first kappa shape index (κ1) is 19.5. The van der Waals surface area contributed by atoms with Crippen molar-refractivity contribution in [3.63, 3.8) is 0 Å².